The highest BCUT2D eigenvalue weighted by Gasteiger charge is 2.09. The smallest absolute Gasteiger partial charge is 0.117 e. The first-order valence-corrected chi connectivity index (χ1v) is 7.08. The van der Waals surface area contributed by atoms with Crippen molar-refractivity contribution in [1.29, 1.82) is 0 Å². The number of furan rings is 1. The molecule has 0 fully saturated rings. The summed E-state index contributed by atoms with van der Waals surface area (Å²) < 4.78 is 7.42. The predicted molar refractivity (Wildman–Crippen MR) is 75.6 cm³/mol. The van der Waals surface area contributed by atoms with Crippen LogP contribution < -0.4 is 0 Å². The minimum Gasteiger partial charge on any atom is -0.468 e. The molecule has 0 amide bonds. The van der Waals surface area contributed by atoms with Crippen molar-refractivity contribution in [3.8, 4) is 0 Å². The molecular formula is C15H23N3O. The molecule has 0 saturated carbocycles. The maximum Gasteiger partial charge on any atom is 0.117 e. The SMILES string of the molecule is CCCCN(Cc1cnn(CC)c1)Cc1ccco1. The van der Waals surface area contributed by atoms with E-state index in [1.54, 1.807) is 6.26 Å². The number of hydrogen-bond acceptors (Lipinski definition) is 3. The lowest BCUT2D eigenvalue weighted by Gasteiger charge is -2.20. The standard InChI is InChI=1S/C15H23N3O/c1-3-5-8-17(13-15-7-6-9-19-15)11-14-10-16-18(4-2)12-14/h6-7,9-10,12H,3-5,8,11,13H2,1-2H3. The van der Waals surface area contributed by atoms with Crippen molar-refractivity contribution < 1.29 is 4.42 Å². The molecule has 2 heterocycles. The minimum atomic E-state index is 0.865. The van der Waals surface area contributed by atoms with Crippen molar-refractivity contribution in [2.24, 2.45) is 0 Å². The summed E-state index contributed by atoms with van der Waals surface area (Å²) in [6.45, 7) is 8.14. The molecule has 104 valence electrons. The summed E-state index contributed by atoms with van der Waals surface area (Å²) in [5.41, 5.74) is 1.27. The van der Waals surface area contributed by atoms with Crippen LogP contribution >= 0.6 is 0 Å². The summed E-state index contributed by atoms with van der Waals surface area (Å²) in [7, 11) is 0. The Labute approximate surface area is 115 Å². The highest BCUT2D eigenvalue weighted by Crippen LogP contribution is 2.11. The highest BCUT2D eigenvalue weighted by atomic mass is 16.3. The second kappa shape index (κ2) is 7.14. The van der Waals surface area contributed by atoms with Gasteiger partial charge in [-0.25, -0.2) is 0 Å². The second-order valence-electron chi connectivity index (χ2n) is 4.85. The van der Waals surface area contributed by atoms with Gasteiger partial charge < -0.3 is 4.42 Å². The van der Waals surface area contributed by atoms with Crippen LogP contribution in [0, 0.1) is 0 Å². The van der Waals surface area contributed by atoms with Crippen molar-refractivity contribution in [2.75, 3.05) is 6.54 Å². The van der Waals surface area contributed by atoms with Crippen LogP contribution in [0.15, 0.2) is 35.2 Å². The van der Waals surface area contributed by atoms with Gasteiger partial charge in [0, 0.05) is 24.8 Å². The first-order chi connectivity index (χ1) is 9.31. The van der Waals surface area contributed by atoms with E-state index in [1.807, 2.05) is 23.0 Å². The topological polar surface area (TPSA) is 34.2 Å². The first kappa shape index (κ1) is 13.9. The molecule has 0 spiro atoms. The van der Waals surface area contributed by atoms with Crippen LogP contribution in [-0.4, -0.2) is 21.2 Å². The van der Waals surface area contributed by atoms with E-state index in [4.69, 9.17) is 4.42 Å². The van der Waals surface area contributed by atoms with Gasteiger partial charge in [-0.1, -0.05) is 13.3 Å². The summed E-state index contributed by atoms with van der Waals surface area (Å²) in [4.78, 5) is 2.42. The monoisotopic (exact) mass is 261 g/mol. The third kappa shape index (κ3) is 4.24. The zero-order valence-corrected chi connectivity index (χ0v) is 11.9. The van der Waals surface area contributed by atoms with Crippen molar-refractivity contribution >= 4 is 0 Å². The molecule has 4 nitrogen and oxygen atoms in total. The van der Waals surface area contributed by atoms with Gasteiger partial charge in [-0.3, -0.25) is 9.58 Å². The molecule has 4 heteroatoms. The van der Waals surface area contributed by atoms with Crippen molar-refractivity contribution in [3.63, 3.8) is 0 Å². The molecule has 0 unspecified atom stereocenters. The van der Waals surface area contributed by atoms with E-state index in [9.17, 15) is 0 Å². The van der Waals surface area contributed by atoms with E-state index >= 15 is 0 Å². The Morgan fingerprint density at radius 1 is 1.32 bits per heavy atom. The van der Waals surface area contributed by atoms with Gasteiger partial charge in [0.2, 0.25) is 0 Å². The summed E-state index contributed by atoms with van der Waals surface area (Å²) in [6.07, 6.45) is 8.25. The molecule has 2 rings (SSSR count). The fraction of sp³-hybridized carbons (Fsp3) is 0.533. The van der Waals surface area contributed by atoms with Crippen LogP contribution in [0.1, 0.15) is 38.0 Å². The van der Waals surface area contributed by atoms with Gasteiger partial charge in [0.05, 0.1) is 19.0 Å². The Morgan fingerprint density at radius 3 is 2.84 bits per heavy atom. The molecule has 0 radical (unpaired) electrons. The Kier molecular flexibility index (Phi) is 5.21. The summed E-state index contributed by atoms with van der Waals surface area (Å²) in [6, 6.07) is 3.98. The number of aryl methyl sites for hydroxylation is 1. The number of rotatable bonds is 8. The highest BCUT2D eigenvalue weighted by molar-refractivity contribution is 5.05. The van der Waals surface area contributed by atoms with Crippen LogP contribution in [0.3, 0.4) is 0 Å². The van der Waals surface area contributed by atoms with Gasteiger partial charge in [0.1, 0.15) is 5.76 Å². The molecule has 0 saturated heterocycles. The van der Waals surface area contributed by atoms with Gasteiger partial charge in [0.25, 0.3) is 0 Å². The normalized spacial score (nSPS) is 11.3. The summed E-state index contributed by atoms with van der Waals surface area (Å²) in [5, 5.41) is 4.33. The van der Waals surface area contributed by atoms with Crippen LogP contribution in [0.4, 0.5) is 0 Å². The van der Waals surface area contributed by atoms with Crippen molar-refractivity contribution in [1.82, 2.24) is 14.7 Å². The Morgan fingerprint density at radius 2 is 2.21 bits per heavy atom. The third-order valence-electron chi connectivity index (χ3n) is 3.20. The molecule has 2 aromatic heterocycles. The Hall–Kier alpha value is -1.55. The lowest BCUT2D eigenvalue weighted by molar-refractivity contribution is 0.232. The van der Waals surface area contributed by atoms with E-state index in [-0.39, 0.29) is 0 Å². The molecule has 2 aromatic rings. The fourth-order valence-electron chi connectivity index (χ4n) is 2.14. The molecule has 0 aromatic carbocycles. The van der Waals surface area contributed by atoms with E-state index in [0.29, 0.717) is 0 Å². The van der Waals surface area contributed by atoms with Gasteiger partial charge in [-0.05, 0) is 32.0 Å². The lowest BCUT2D eigenvalue weighted by Crippen LogP contribution is -2.23. The van der Waals surface area contributed by atoms with E-state index in [2.05, 4.69) is 30.0 Å². The average Bonchev–Trinajstić information content (AvgIpc) is 3.07. The molecule has 0 N–H and O–H groups in total. The molecule has 0 aliphatic carbocycles. The van der Waals surface area contributed by atoms with Crippen molar-refractivity contribution in [2.45, 2.75) is 46.3 Å². The largest absolute Gasteiger partial charge is 0.468 e. The Bertz CT molecular complexity index is 461. The summed E-state index contributed by atoms with van der Waals surface area (Å²) >= 11 is 0. The molecule has 0 bridgehead atoms. The van der Waals surface area contributed by atoms with Gasteiger partial charge >= 0.3 is 0 Å². The van der Waals surface area contributed by atoms with Gasteiger partial charge in [-0.2, -0.15) is 5.10 Å². The quantitative estimate of drug-likeness (QED) is 0.731. The molecule has 0 atom stereocenters. The number of unbranched alkanes of at least 4 members (excludes halogenated alkanes) is 1. The third-order valence-corrected chi connectivity index (χ3v) is 3.20. The first-order valence-electron chi connectivity index (χ1n) is 7.08. The maximum absolute atomic E-state index is 5.45. The van der Waals surface area contributed by atoms with Gasteiger partial charge in [0.15, 0.2) is 0 Å². The zero-order valence-electron chi connectivity index (χ0n) is 11.9. The lowest BCUT2D eigenvalue weighted by atomic mass is 10.2. The van der Waals surface area contributed by atoms with E-state index in [1.165, 1.54) is 18.4 Å². The van der Waals surface area contributed by atoms with Crippen LogP contribution in [0.25, 0.3) is 0 Å². The molecular weight excluding hydrogens is 238 g/mol. The zero-order chi connectivity index (χ0) is 13.5. The average molecular weight is 261 g/mol. The molecule has 0 aliphatic heterocycles. The minimum absolute atomic E-state index is 0.865. The number of aromatic nitrogens is 2. The van der Waals surface area contributed by atoms with Crippen LogP contribution in [0.5, 0.6) is 0 Å². The number of nitrogens with zero attached hydrogens (tertiary/aromatic N) is 3. The van der Waals surface area contributed by atoms with E-state index < -0.39 is 0 Å². The Balaban J connectivity index is 1.96. The van der Waals surface area contributed by atoms with Crippen molar-refractivity contribution in [3.05, 3.63) is 42.1 Å². The van der Waals surface area contributed by atoms with Crippen LogP contribution in [-0.2, 0) is 19.6 Å². The predicted octanol–water partition coefficient (Wildman–Crippen LogP) is 3.30. The summed E-state index contributed by atoms with van der Waals surface area (Å²) in [5.74, 6) is 1.03. The second-order valence-corrected chi connectivity index (χ2v) is 4.85. The molecule has 0 aliphatic rings. The molecule has 19 heavy (non-hydrogen) atoms. The number of hydrogen-bond donors (Lipinski definition) is 0. The van der Waals surface area contributed by atoms with E-state index in [0.717, 1.165) is 31.9 Å². The maximum atomic E-state index is 5.45. The fourth-order valence-corrected chi connectivity index (χ4v) is 2.14. The van der Waals surface area contributed by atoms with Gasteiger partial charge in [-0.15, -0.1) is 0 Å². The van der Waals surface area contributed by atoms with Crippen LogP contribution in [0.2, 0.25) is 0 Å².